The van der Waals surface area contributed by atoms with E-state index in [1.807, 2.05) is 0 Å². The van der Waals surface area contributed by atoms with E-state index in [9.17, 15) is 31.2 Å². The Labute approximate surface area is 192 Å². The normalized spacial score (nSPS) is 13.7. The van der Waals surface area contributed by atoms with Gasteiger partial charge in [-0.3, -0.25) is 24.2 Å². The first kappa shape index (κ1) is 23.2. The lowest BCUT2D eigenvalue weighted by Crippen LogP contribution is -2.29. The first-order chi connectivity index (χ1) is 16.0. The van der Waals surface area contributed by atoms with Crippen molar-refractivity contribution in [1.82, 2.24) is 9.88 Å². The van der Waals surface area contributed by atoms with Crippen LogP contribution in [0.15, 0.2) is 65.8 Å². The Hall–Kier alpha value is -3.93. The number of sulfonamides is 1. The van der Waals surface area contributed by atoms with Gasteiger partial charge in [0.1, 0.15) is 5.75 Å². The summed E-state index contributed by atoms with van der Waals surface area (Å²) in [6.07, 6.45) is -1.87. The van der Waals surface area contributed by atoms with Crippen LogP contribution in [0.3, 0.4) is 0 Å². The van der Waals surface area contributed by atoms with Crippen molar-refractivity contribution in [3.8, 4) is 5.75 Å². The highest BCUT2D eigenvalue weighted by atomic mass is 32.2. The number of aromatic nitrogens is 1. The van der Waals surface area contributed by atoms with Gasteiger partial charge in [-0.05, 0) is 54.4 Å². The molecule has 1 aromatic heterocycles. The number of rotatable bonds is 6. The van der Waals surface area contributed by atoms with Crippen molar-refractivity contribution in [2.75, 3.05) is 4.72 Å². The van der Waals surface area contributed by atoms with Crippen LogP contribution in [0.2, 0.25) is 0 Å². The average Bonchev–Trinajstić information content (AvgIpc) is 3.01. The van der Waals surface area contributed by atoms with Crippen molar-refractivity contribution < 1.29 is 35.9 Å². The van der Waals surface area contributed by atoms with Gasteiger partial charge in [0, 0.05) is 12.4 Å². The number of halogens is 3. The number of carbonyl (C=O) groups excluding carboxylic acids is 2. The molecular formula is C22H16F3N3O5S. The minimum atomic E-state index is -4.92. The number of hydrogen-bond donors (Lipinski definition) is 1. The fourth-order valence-electron chi connectivity index (χ4n) is 3.49. The number of aryl methyl sites for hydroxylation is 1. The highest BCUT2D eigenvalue weighted by Gasteiger charge is 2.39. The molecule has 3 aromatic rings. The highest BCUT2D eigenvalue weighted by Crippen LogP contribution is 2.34. The van der Waals surface area contributed by atoms with E-state index in [0.717, 1.165) is 29.2 Å². The Kier molecular flexibility index (Phi) is 5.77. The summed E-state index contributed by atoms with van der Waals surface area (Å²) in [5, 5.41) is 0. The molecule has 2 amide bonds. The number of imide groups is 1. The van der Waals surface area contributed by atoms with E-state index in [1.54, 1.807) is 25.3 Å². The zero-order valence-electron chi connectivity index (χ0n) is 17.5. The third kappa shape index (κ3) is 4.57. The molecule has 0 atom stereocenters. The van der Waals surface area contributed by atoms with Crippen LogP contribution in [0.5, 0.6) is 5.75 Å². The van der Waals surface area contributed by atoms with Gasteiger partial charge in [-0.25, -0.2) is 8.42 Å². The number of anilines is 1. The largest absolute Gasteiger partial charge is 0.573 e. The van der Waals surface area contributed by atoms with Crippen molar-refractivity contribution in [1.29, 1.82) is 0 Å². The molecule has 1 N–H and O–H groups in total. The maximum absolute atomic E-state index is 13.1. The van der Waals surface area contributed by atoms with Crippen molar-refractivity contribution in [2.24, 2.45) is 0 Å². The molecule has 4 rings (SSSR count). The summed E-state index contributed by atoms with van der Waals surface area (Å²) in [6.45, 7) is 1.57. The second kappa shape index (κ2) is 8.45. The number of fused-ring (bicyclic) bond motifs is 1. The number of ether oxygens (including phenoxy) is 1. The summed E-state index contributed by atoms with van der Waals surface area (Å²) < 4.78 is 68.7. The number of hydrogen-bond acceptors (Lipinski definition) is 6. The third-order valence-corrected chi connectivity index (χ3v) is 6.39. The molecule has 1 aliphatic heterocycles. The lowest BCUT2D eigenvalue weighted by molar-refractivity contribution is -0.274. The number of benzene rings is 2. The topological polar surface area (TPSA) is 106 Å². The third-order valence-electron chi connectivity index (χ3n) is 5.01. The van der Waals surface area contributed by atoms with E-state index in [2.05, 4.69) is 14.4 Å². The van der Waals surface area contributed by atoms with Gasteiger partial charge in [-0.2, -0.15) is 0 Å². The lowest BCUT2D eigenvalue weighted by Gasteiger charge is -2.14. The Morgan fingerprint density at radius 2 is 1.68 bits per heavy atom. The predicted octanol–water partition coefficient (Wildman–Crippen LogP) is 3.89. The fraction of sp³-hybridized carbons (Fsp3) is 0.136. The van der Waals surface area contributed by atoms with Crippen molar-refractivity contribution in [3.05, 3.63) is 83.2 Å². The summed E-state index contributed by atoms with van der Waals surface area (Å²) in [5.41, 5.74) is 0.942. The number of carbonyl (C=O) groups is 2. The molecule has 0 saturated heterocycles. The zero-order chi connectivity index (χ0) is 24.7. The number of amides is 2. The van der Waals surface area contributed by atoms with Crippen LogP contribution in [0.1, 0.15) is 31.8 Å². The smallest absolute Gasteiger partial charge is 0.406 e. The van der Waals surface area contributed by atoms with E-state index in [4.69, 9.17) is 0 Å². The molecule has 0 fully saturated rings. The number of alkyl halides is 3. The SMILES string of the molecule is Cc1ccc(NS(=O)(=O)c2ccc(OC(F)(F)F)cc2)c2c1C(=O)N(Cc1cccnc1)C2=O. The molecule has 0 spiro atoms. The monoisotopic (exact) mass is 491 g/mol. The molecule has 0 bridgehead atoms. The maximum Gasteiger partial charge on any atom is 0.573 e. The molecule has 1 aliphatic rings. The Bertz CT molecular complexity index is 1380. The van der Waals surface area contributed by atoms with Crippen molar-refractivity contribution >= 4 is 27.5 Å². The maximum atomic E-state index is 13.1. The second-order valence-corrected chi connectivity index (χ2v) is 9.04. The zero-order valence-corrected chi connectivity index (χ0v) is 18.3. The van der Waals surface area contributed by atoms with Gasteiger partial charge in [0.25, 0.3) is 21.8 Å². The lowest BCUT2D eigenvalue weighted by atomic mass is 10.0. The highest BCUT2D eigenvalue weighted by molar-refractivity contribution is 7.92. The minimum absolute atomic E-state index is 0.0491. The predicted molar refractivity (Wildman–Crippen MR) is 114 cm³/mol. The van der Waals surface area contributed by atoms with Crippen LogP contribution in [0, 0.1) is 6.92 Å². The summed E-state index contributed by atoms with van der Waals surface area (Å²) >= 11 is 0. The summed E-state index contributed by atoms with van der Waals surface area (Å²) in [5.74, 6) is -1.84. The molecule has 0 unspecified atom stereocenters. The molecule has 2 aromatic carbocycles. The average molecular weight is 491 g/mol. The van der Waals surface area contributed by atoms with Crippen LogP contribution in [0.25, 0.3) is 0 Å². The first-order valence-corrected chi connectivity index (χ1v) is 11.2. The fourth-order valence-corrected chi connectivity index (χ4v) is 4.57. The van der Waals surface area contributed by atoms with Crippen LogP contribution in [-0.4, -0.2) is 36.5 Å². The van der Waals surface area contributed by atoms with Gasteiger partial charge in [0.2, 0.25) is 0 Å². The Balaban J connectivity index is 1.64. The van der Waals surface area contributed by atoms with E-state index in [1.165, 1.54) is 18.3 Å². The molecule has 12 heteroatoms. The Morgan fingerprint density at radius 3 is 2.29 bits per heavy atom. The van der Waals surface area contributed by atoms with Crippen molar-refractivity contribution in [3.63, 3.8) is 0 Å². The summed E-state index contributed by atoms with van der Waals surface area (Å²) in [6, 6.07) is 9.76. The van der Waals surface area contributed by atoms with Crippen molar-refractivity contribution in [2.45, 2.75) is 24.7 Å². The Morgan fingerprint density at radius 1 is 1.00 bits per heavy atom. The molecule has 2 heterocycles. The van der Waals surface area contributed by atoms with E-state index in [0.29, 0.717) is 11.1 Å². The standard InChI is InChI=1S/C22H16F3N3O5S/c1-13-4-9-17(27-34(31,32)16-7-5-15(6-8-16)33-22(23,24)25)19-18(13)20(29)28(21(19)30)12-14-3-2-10-26-11-14/h2-11,27H,12H2,1H3. The molecule has 34 heavy (non-hydrogen) atoms. The van der Waals surface area contributed by atoms with Gasteiger partial charge < -0.3 is 4.74 Å². The quantitative estimate of drug-likeness (QED) is 0.525. The number of nitrogens with one attached hydrogen (secondary N) is 1. The summed E-state index contributed by atoms with van der Waals surface area (Å²) in [4.78, 5) is 30.7. The van der Waals surface area contributed by atoms with E-state index < -0.39 is 33.9 Å². The molecular weight excluding hydrogens is 475 g/mol. The molecule has 8 nitrogen and oxygen atoms in total. The first-order valence-electron chi connectivity index (χ1n) is 9.73. The second-order valence-electron chi connectivity index (χ2n) is 7.36. The van der Waals surface area contributed by atoms with Gasteiger partial charge in [0.15, 0.2) is 0 Å². The van der Waals surface area contributed by atoms with Gasteiger partial charge in [0.05, 0.1) is 28.3 Å². The number of nitrogens with zero attached hydrogens (tertiary/aromatic N) is 2. The van der Waals surface area contributed by atoms with Gasteiger partial charge in [-0.1, -0.05) is 12.1 Å². The van der Waals surface area contributed by atoms with E-state index in [-0.39, 0.29) is 28.3 Å². The molecule has 0 radical (unpaired) electrons. The van der Waals surface area contributed by atoms with Crippen LogP contribution >= 0.6 is 0 Å². The molecule has 0 aliphatic carbocycles. The molecule has 176 valence electrons. The van der Waals surface area contributed by atoms with Gasteiger partial charge in [-0.15, -0.1) is 13.2 Å². The minimum Gasteiger partial charge on any atom is -0.406 e. The van der Waals surface area contributed by atoms with E-state index >= 15 is 0 Å². The summed E-state index contributed by atoms with van der Waals surface area (Å²) in [7, 11) is -4.30. The van der Waals surface area contributed by atoms with Crippen LogP contribution in [0.4, 0.5) is 18.9 Å². The van der Waals surface area contributed by atoms with Gasteiger partial charge >= 0.3 is 6.36 Å². The number of pyridine rings is 1. The van der Waals surface area contributed by atoms with Crippen LogP contribution in [-0.2, 0) is 16.6 Å². The van der Waals surface area contributed by atoms with Crippen LogP contribution < -0.4 is 9.46 Å². The molecule has 0 saturated carbocycles.